The van der Waals surface area contributed by atoms with Gasteiger partial charge in [-0.05, 0) is 36.6 Å². The van der Waals surface area contributed by atoms with Crippen LogP contribution in [0.2, 0.25) is 0 Å². The van der Waals surface area contributed by atoms with Crippen LogP contribution >= 0.6 is 0 Å². The number of rotatable bonds is 9. The Kier molecular flexibility index (Phi) is 8.03. The summed E-state index contributed by atoms with van der Waals surface area (Å²) < 4.78 is 5.83. The van der Waals surface area contributed by atoms with Gasteiger partial charge in [-0.2, -0.15) is 0 Å². The topological polar surface area (TPSA) is 58.6 Å². The number of hydrogen-bond donors (Lipinski definition) is 1. The van der Waals surface area contributed by atoms with Crippen LogP contribution in [0.15, 0.2) is 78.9 Å². The van der Waals surface area contributed by atoms with Crippen LogP contribution in [0.4, 0.5) is 0 Å². The lowest BCUT2D eigenvalue weighted by Crippen LogP contribution is -2.51. The van der Waals surface area contributed by atoms with E-state index in [2.05, 4.69) is 5.32 Å². The molecule has 3 aromatic carbocycles. The van der Waals surface area contributed by atoms with E-state index in [1.165, 1.54) is 0 Å². The first-order chi connectivity index (χ1) is 15.5. The summed E-state index contributed by atoms with van der Waals surface area (Å²) in [4.78, 5) is 27.9. The molecule has 3 rings (SSSR count). The van der Waals surface area contributed by atoms with E-state index in [-0.39, 0.29) is 18.4 Å². The molecule has 0 heterocycles. The summed E-state index contributed by atoms with van der Waals surface area (Å²) in [5, 5.41) is 2.72. The molecule has 5 nitrogen and oxygen atoms in total. The first-order valence-electron chi connectivity index (χ1n) is 10.8. The molecule has 0 saturated heterocycles. The maximum atomic E-state index is 13.4. The Morgan fingerprint density at radius 1 is 0.875 bits per heavy atom. The van der Waals surface area contributed by atoms with Crippen molar-refractivity contribution in [1.29, 1.82) is 0 Å². The van der Waals surface area contributed by atoms with Crippen molar-refractivity contribution in [3.05, 3.63) is 101 Å². The summed E-state index contributed by atoms with van der Waals surface area (Å²) in [6, 6.07) is 24.6. The fourth-order valence-electron chi connectivity index (χ4n) is 3.55. The van der Waals surface area contributed by atoms with E-state index in [1.807, 2.05) is 92.7 Å². The number of ether oxygens (including phenoxy) is 1. The molecule has 0 aliphatic carbocycles. The van der Waals surface area contributed by atoms with Crippen LogP contribution in [0.25, 0.3) is 0 Å². The van der Waals surface area contributed by atoms with Gasteiger partial charge in [0.2, 0.25) is 5.91 Å². The van der Waals surface area contributed by atoms with Gasteiger partial charge in [-0.25, -0.2) is 0 Å². The minimum atomic E-state index is -0.656. The van der Waals surface area contributed by atoms with Crippen molar-refractivity contribution in [2.75, 3.05) is 13.7 Å². The average Bonchev–Trinajstić information content (AvgIpc) is 2.82. The van der Waals surface area contributed by atoms with Gasteiger partial charge in [-0.15, -0.1) is 0 Å². The second-order valence-electron chi connectivity index (χ2n) is 7.88. The molecule has 0 fully saturated rings. The maximum Gasteiger partial charge on any atom is 0.261 e. The van der Waals surface area contributed by atoms with Crippen molar-refractivity contribution < 1.29 is 14.3 Å². The molecule has 0 aliphatic heterocycles. The Morgan fingerprint density at radius 3 is 2.19 bits per heavy atom. The number of nitrogens with zero attached hydrogens (tertiary/aromatic N) is 1. The normalized spacial score (nSPS) is 11.5. The summed E-state index contributed by atoms with van der Waals surface area (Å²) in [5.74, 6) is 0.222. The third-order valence-corrected chi connectivity index (χ3v) is 5.44. The molecule has 0 aromatic heterocycles. The molecular weight excluding hydrogens is 400 g/mol. The largest absolute Gasteiger partial charge is 0.484 e. The van der Waals surface area contributed by atoms with Crippen LogP contribution in [0.3, 0.4) is 0 Å². The molecular formula is C27H30N2O3. The number of para-hydroxylation sites is 1. The molecule has 1 unspecified atom stereocenters. The van der Waals surface area contributed by atoms with Gasteiger partial charge in [0, 0.05) is 20.0 Å². The molecule has 166 valence electrons. The van der Waals surface area contributed by atoms with Crippen LogP contribution in [0.1, 0.15) is 22.3 Å². The number of aryl methyl sites for hydroxylation is 2. The predicted molar refractivity (Wildman–Crippen MR) is 126 cm³/mol. The number of likely N-dealkylation sites (N-methyl/N-ethyl adjacent to an activating group) is 1. The Labute approximate surface area is 190 Å². The van der Waals surface area contributed by atoms with E-state index in [9.17, 15) is 9.59 Å². The molecule has 32 heavy (non-hydrogen) atoms. The zero-order chi connectivity index (χ0) is 22.9. The summed E-state index contributed by atoms with van der Waals surface area (Å²) in [7, 11) is 1.60. The number of amides is 2. The van der Waals surface area contributed by atoms with Crippen LogP contribution in [0.5, 0.6) is 5.75 Å². The van der Waals surface area contributed by atoms with Gasteiger partial charge in [0.25, 0.3) is 5.91 Å². The monoisotopic (exact) mass is 430 g/mol. The standard InChI is InChI=1S/C27H30N2O3/c1-20-13-15-23(16-14-20)18-29(26(30)19-32-25-12-8-7-9-21(25)2)24(27(31)28-3)17-22-10-5-4-6-11-22/h4-16,24H,17-19H2,1-3H3,(H,28,31). The van der Waals surface area contributed by atoms with E-state index in [0.29, 0.717) is 18.7 Å². The van der Waals surface area contributed by atoms with E-state index in [0.717, 1.165) is 22.3 Å². The zero-order valence-corrected chi connectivity index (χ0v) is 18.9. The van der Waals surface area contributed by atoms with E-state index in [4.69, 9.17) is 4.74 Å². The lowest BCUT2D eigenvalue weighted by atomic mass is 10.0. The van der Waals surface area contributed by atoms with Crippen molar-refractivity contribution in [2.45, 2.75) is 32.9 Å². The van der Waals surface area contributed by atoms with Crippen molar-refractivity contribution >= 4 is 11.8 Å². The Bertz CT molecular complexity index is 1030. The molecule has 0 radical (unpaired) electrons. The third kappa shape index (κ3) is 6.20. The highest BCUT2D eigenvalue weighted by atomic mass is 16.5. The summed E-state index contributed by atoms with van der Waals surface area (Å²) in [5.41, 5.74) is 4.05. The van der Waals surface area contributed by atoms with Crippen molar-refractivity contribution in [3.63, 3.8) is 0 Å². The lowest BCUT2D eigenvalue weighted by molar-refractivity contribution is -0.142. The Balaban J connectivity index is 1.87. The van der Waals surface area contributed by atoms with Gasteiger partial charge >= 0.3 is 0 Å². The smallest absolute Gasteiger partial charge is 0.261 e. The third-order valence-electron chi connectivity index (χ3n) is 5.44. The van der Waals surface area contributed by atoms with E-state index < -0.39 is 6.04 Å². The minimum Gasteiger partial charge on any atom is -0.484 e. The molecule has 5 heteroatoms. The number of nitrogens with one attached hydrogen (secondary N) is 1. The highest BCUT2D eigenvalue weighted by Gasteiger charge is 2.30. The van der Waals surface area contributed by atoms with Gasteiger partial charge in [-0.1, -0.05) is 78.4 Å². The first-order valence-corrected chi connectivity index (χ1v) is 10.8. The molecule has 0 aliphatic rings. The van der Waals surface area contributed by atoms with Gasteiger partial charge in [-0.3, -0.25) is 9.59 Å². The molecule has 1 atom stereocenters. The van der Waals surface area contributed by atoms with Gasteiger partial charge < -0.3 is 15.0 Å². The van der Waals surface area contributed by atoms with E-state index >= 15 is 0 Å². The Morgan fingerprint density at radius 2 is 1.53 bits per heavy atom. The van der Waals surface area contributed by atoms with Crippen LogP contribution in [-0.4, -0.2) is 36.4 Å². The summed E-state index contributed by atoms with van der Waals surface area (Å²) in [6.45, 7) is 4.14. The lowest BCUT2D eigenvalue weighted by Gasteiger charge is -2.31. The fraction of sp³-hybridized carbons (Fsp3) is 0.259. The van der Waals surface area contributed by atoms with Crippen molar-refractivity contribution in [2.24, 2.45) is 0 Å². The van der Waals surface area contributed by atoms with Gasteiger partial charge in [0.05, 0.1) is 0 Å². The summed E-state index contributed by atoms with van der Waals surface area (Å²) in [6.07, 6.45) is 0.419. The number of hydrogen-bond acceptors (Lipinski definition) is 3. The number of benzene rings is 3. The molecule has 0 spiro atoms. The maximum absolute atomic E-state index is 13.4. The highest BCUT2D eigenvalue weighted by molar-refractivity contribution is 5.88. The first kappa shape index (κ1) is 23.1. The predicted octanol–water partition coefficient (Wildman–Crippen LogP) is 4.07. The van der Waals surface area contributed by atoms with Gasteiger partial charge in [0.1, 0.15) is 11.8 Å². The Hall–Kier alpha value is -3.60. The number of carbonyl (C=O) groups excluding carboxylic acids is 2. The SMILES string of the molecule is CNC(=O)C(Cc1ccccc1)N(Cc1ccc(C)cc1)C(=O)COc1ccccc1C. The molecule has 0 saturated carbocycles. The van der Waals surface area contributed by atoms with Crippen molar-refractivity contribution in [1.82, 2.24) is 10.2 Å². The van der Waals surface area contributed by atoms with E-state index in [1.54, 1.807) is 11.9 Å². The molecule has 0 bridgehead atoms. The van der Waals surface area contributed by atoms with Crippen LogP contribution < -0.4 is 10.1 Å². The second-order valence-corrected chi connectivity index (χ2v) is 7.88. The molecule has 2 amide bonds. The zero-order valence-electron chi connectivity index (χ0n) is 18.9. The fourth-order valence-corrected chi connectivity index (χ4v) is 3.55. The van der Waals surface area contributed by atoms with Crippen LogP contribution in [-0.2, 0) is 22.6 Å². The second kappa shape index (κ2) is 11.1. The minimum absolute atomic E-state index is 0.140. The van der Waals surface area contributed by atoms with Crippen molar-refractivity contribution in [3.8, 4) is 5.75 Å². The highest BCUT2D eigenvalue weighted by Crippen LogP contribution is 2.18. The number of carbonyl (C=O) groups is 2. The molecule has 3 aromatic rings. The quantitative estimate of drug-likeness (QED) is 0.557. The van der Waals surface area contributed by atoms with Crippen LogP contribution in [0, 0.1) is 13.8 Å². The average molecular weight is 431 g/mol. The summed E-state index contributed by atoms with van der Waals surface area (Å²) >= 11 is 0. The molecule has 1 N–H and O–H groups in total. The van der Waals surface area contributed by atoms with Gasteiger partial charge in [0.15, 0.2) is 6.61 Å².